The number of amides is 1. The van der Waals surface area contributed by atoms with Gasteiger partial charge in [0, 0.05) is 13.6 Å². The van der Waals surface area contributed by atoms with Crippen molar-refractivity contribution in [2.45, 2.75) is 13.0 Å². The van der Waals surface area contributed by atoms with Gasteiger partial charge < -0.3 is 10.2 Å². The lowest BCUT2D eigenvalue weighted by Crippen LogP contribution is -2.18. The molecule has 1 aromatic heterocycles. The van der Waals surface area contributed by atoms with Crippen LogP contribution in [0.25, 0.3) is 0 Å². The van der Waals surface area contributed by atoms with Gasteiger partial charge in [0.05, 0.1) is 18.3 Å². The average molecular weight is 331 g/mol. The Morgan fingerprint density at radius 2 is 1.56 bits per heavy atom. The fourth-order valence-electron chi connectivity index (χ4n) is 2.61. The fraction of sp³-hybridized carbons (Fsp3) is 0.143. The minimum atomic E-state index is -0.0432. The standard InChI is InChI=1S/C21H21N3O/c1-24(16-18-10-6-3-7-11-18)20-13-12-19(15-22-20)23-21(25)14-17-8-4-2-5-9-17/h2-13,15H,14,16H2,1H3,(H,23,25). The highest BCUT2D eigenvalue weighted by atomic mass is 16.1. The summed E-state index contributed by atoms with van der Waals surface area (Å²) in [5.74, 6) is 0.823. The zero-order chi connectivity index (χ0) is 17.5. The molecule has 2 aromatic carbocycles. The maximum atomic E-state index is 12.1. The summed E-state index contributed by atoms with van der Waals surface area (Å²) in [6.45, 7) is 0.785. The van der Waals surface area contributed by atoms with Crippen molar-refractivity contribution in [3.63, 3.8) is 0 Å². The van der Waals surface area contributed by atoms with E-state index < -0.39 is 0 Å². The summed E-state index contributed by atoms with van der Waals surface area (Å²) in [5, 5.41) is 2.89. The predicted molar refractivity (Wildman–Crippen MR) is 102 cm³/mol. The second kappa shape index (κ2) is 8.11. The highest BCUT2D eigenvalue weighted by Gasteiger charge is 2.06. The summed E-state index contributed by atoms with van der Waals surface area (Å²) in [6.07, 6.45) is 2.05. The van der Waals surface area contributed by atoms with Crippen LogP contribution in [0.1, 0.15) is 11.1 Å². The number of rotatable bonds is 6. The Morgan fingerprint density at radius 1 is 0.920 bits per heavy atom. The number of carbonyl (C=O) groups is 1. The summed E-state index contributed by atoms with van der Waals surface area (Å²) < 4.78 is 0. The van der Waals surface area contributed by atoms with E-state index in [0.717, 1.165) is 17.9 Å². The zero-order valence-electron chi connectivity index (χ0n) is 14.2. The van der Waals surface area contributed by atoms with Crippen LogP contribution in [0.2, 0.25) is 0 Å². The number of hydrogen-bond acceptors (Lipinski definition) is 3. The maximum absolute atomic E-state index is 12.1. The molecule has 0 aliphatic rings. The van der Waals surface area contributed by atoms with Crippen molar-refractivity contribution < 1.29 is 4.79 Å². The van der Waals surface area contributed by atoms with E-state index in [-0.39, 0.29) is 5.91 Å². The molecule has 25 heavy (non-hydrogen) atoms. The van der Waals surface area contributed by atoms with Crippen molar-refractivity contribution in [1.29, 1.82) is 0 Å². The molecule has 0 radical (unpaired) electrons. The lowest BCUT2D eigenvalue weighted by Gasteiger charge is -2.18. The molecule has 3 aromatic rings. The summed E-state index contributed by atoms with van der Waals surface area (Å²) >= 11 is 0. The SMILES string of the molecule is CN(Cc1ccccc1)c1ccc(NC(=O)Cc2ccccc2)cn1. The molecular weight excluding hydrogens is 310 g/mol. The number of nitrogens with zero attached hydrogens (tertiary/aromatic N) is 2. The maximum Gasteiger partial charge on any atom is 0.228 e. The molecule has 0 saturated carbocycles. The molecule has 0 spiro atoms. The van der Waals surface area contributed by atoms with Crippen molar-refractivity contribution in [1.82, 2.24) is 4.98 Å². The predicted octanol–water partition coefficient (Wildman–Crippen LogP) is 3.90. The summed E-state index contributed by atoms with van der Waals surface area (Å²) in [5.41, 5.74) is 2.93. The summed E-state index contributed by atoms with van der Waals surface area (Å²) in [7, 11) is 2.00. The summed E-state index contributed by atoms with van der Waals surface area (Å²) in [4.78, 5) is 18.6. The molecule has 0 unspecified atom stereocenters. The minimum Gasteiger partial charge on any atom is -0.355 e. The molecular formula is C21H21N3O. The van der Waals surface area contributed by atoms with Crippen LogP contribution in [-0.2, 0) is 17.8 Å². The molecule has 1 heterocycles. The van der Waals surface area contributed by atoms with Crippen molar-refractivity contribution in [2.75, 3.05) is 17.3 Å². The number of aromatic nitrogens is 1. The van der Waals surface area contributed by atoms with Crippen LogP contribution >= 0.6 is 0 Å². The van der Waals surface area contributed by atoms with E-state index in [1.54, 1.807) is 6.20 Å². The Labute approximate surface area is 148 Å². The first-order valence-corrected chi connectivity index (χ1v) is 8.25. The highest BCUT2D eigenvalue weighted by molar-refractivity contribution is 5.92. The molecule has 4 heteroatoms. The number of benzene rings is 2. The van der Waals surface area contributed by atoms with Gasteiger partial charge >= 0.3 is 0 Å². The van der Waals surface area contributed by atoms with E-state index in [9.17, 15) is 4.79 Å². The first-order valence-electron chi connectivity index (χ1n) is 8.25. The quantitative estimate of drug-likeness (QED) is 0.745. The van der Waals surface area contributed by atoms with E-state index in [2.05, 4.69) is 27.3 Å². The second-order valence-electron chi connectivity index (χ2n) is 5.96. The van der Waals surface area contributed by atoms with Gasteiger partial charge in [0.1, 0.15) is 5.82 Å². The van der Waals surface area contributed by atoms with Gasteiger partial charge in [0.25, 0.3) is 0 Å². The number of hydrogen-bond donors (Lipinski definition) is 1. The molecule has 0 atom stereocenters. The number of pyridine rings is 1. The third-order valence-corrected chi connectivity index (χ3v) is 3.89. The molecule has 0 saturated heterocycles. The lowest BCUT2D eigenvalue weighted by atomic mass is 10.1. The third kappa shape index (κ3) is 4.91. The van der Waals surface area contributed by atoms with E-state index in [4.69, 9.17) is 0 Å². The van der Waals surface area contributed by atoms with Crippen molar-refractivity contribution in [3.8, 4) is 0 Å². The molecule has 0 aliphatic carbocycles. The van der Waals surface area contributed by atoms with Crippen molar-refractivity contribution in [2.24, 2.45) is 0 Å². The molecule has 126 valence electrons. The monoisotopic (exact) mass is 331 g/mol. The Balaban J connectivity index is 1.57. The van der Waals surface area contributed by atoms with Gasteiger partial charge in [-0.05, 0) is 23.3 Å². The van der Waals surface area contributed by atoms with E-state index in [0.29, 0.717) is 12.1 Å². The third-order valence-electron chi connectivity index (χ3n) is 3.89. The van der Waals surface area contributed by atoms with Gasteiger partial charge in [-0.15, -0.1) is 0 Å². The second-order valence-corrected chi connectivity index (χ2v) is 5.96. The van der Waals surface area contributed by atoms with E-state index in [1.807, 2.05) is 67.7 Å². The molecule has 3 rings (SSSR count). The van der Waals surface area contributed by atoms with Crippen molar-refractivity contribution >= 4 is 17.4 Å². The number of anilines is 2. The first kappa shape index (κ1) is 16.7. The van der Waals surface area contributed by atoms with Crippen LogP contribution < -0.4 is 10.2 Å². The molecule has 4 nitrogen and oxygen atoms in total. The van der Waals surface area contributed by atoms with Gasteiger partial charge in [-0.25, -0.2) is 4.98 Å². The summed E-state index contributed by atoms with van der Waals surface area (Å²) in [6, 6.07) is 23.7. The van der Waals surface area contributed by atoms with Gasteiger partial charge in [-0.1, -0.05) is 60.7 Å². The lowest BCUT2D eigenvalue weighted by molar-refractivity contribution is -0.115. The Kier molecular flexibility index (Phi) is 5.42. The minimum absolute atomic E-state index is 0.0432. The number of nitrogens with one attached hydrogen (secondary N) is 1. The fourth-order valence-corrected chi connectivity index (χ4v) is 2.61. The number of carbonyl (C=O) groups excluding carboxylic acids is 1. The average Bonchev–Trinajstić information content (AvgIpc) is 2.64. The molecule has 1 amide bonds. The van der Waals surface area contributed by atoms with Gasteiger partial charge in [0.15, 0.2) is 0 Å². The van der Waals surface area contributed by atoms with E-state index >= 15 is 0 Å². The molecule has 0 bridgehead atoms. The first-order chi connectivity index (χ1) is 12.2. The molecule has 0 fully saturated rings. The van der Waals surface area contributed by atoms with Crippen LogP contribution in [0.3, 0.4) is 0 Å². The molecule has 1 N–H and O–H groups in total. The Hall–Kier alpha value is -3.14. The van der Waals surface area contributed by atoms with Gasteiger partial charge in [0.2, 0.25) is 5.91 Å². The largest absolute Gasteiger partial charge is 0.355 e. The van der Waals surface area contributed by atoms with Crippen LogP contribution in [-0.4, -0.2) is 17.9 Å². The topological polar surface area (TPSA) is 45.2 Å². The van der Waals surface area contributed by atoms with E-state index in [1.165, 1.54) is 5.56 Å². The van der Waals surface area contributed by atoms with Gasteiger partial charge in [-0.3, -0.25) is 4.79 Å². The van der Waals surface area contributed by atoms with Gasteiger partial charge in [-0.2, -0.15) is 0 Å². The van der Waals surface area contributed by atoms with Crippen LogP contribution in [0.5, 0.6) is 0 Å². The Bertz CT molecular complexity index is 802. The van der Waals surface area contributed by atoms with Crippen LogP contribution in [0, 0.1) is 0 Å². The van der Waals surface area contributed by atoms with Crippen molar-refractivity contribution in [3.05, 3.63) is 90.1 Å². The molecule has 0 aliphatic heterocycles. The zero-order valence-corrected chi connectivity index (χ0v) is 14.2. The highest BCUT2D eigenvalue weighted by Crippen LogP contribution is 2.15. The normalized spacial score (nSPS) is 10.3. The Morgan fingerprint density at radius 3 is 2.16 bits per heavy atom. The smallest absolute Gasteiger partial charge is 0.228 e. The van der Waals surface area contributed by atoms with Crippen LogP contribution in [0.15, 0.2) is 79.0 Å². The van der Waals surface area contributed by atoms with Crippen LogP contribution in [0.4, 0.5) is 11.5 Å².